The van der Waals surface area contributed by atoms with Gasteiger partial charge in [0.2, 0.25) is 5.91 Å². The average molecular weight is 312 g/mol. The van der Waals surface area contributed by atoms with Gasteiger partial charge in [0.25, 0.3) is 0 Å². The van der Waals surface area contributed by atoms with Crippen LogP contribution in [0.25, 0.3) is 10.9 Å². The Morgan fingerprint density at radius 1 is 1.22 bits per heavy atom. The minimum Gasteiger partial charge on any atom is -0.496 e. The van der Waals surface area contributed by atoms with E-state index in [2.05, 4.69) is 10.3 Å². The molecule has 1 amide bonds. The molecule has 0 fully saturated rings. The molecule has 1 heterocycles. The Hall–Kier alpha value is -2.82. The van der Waals surface area contributed by atoms with Crippen LogP contribution in [-0.2, 0) is 17.8 Å². The molecule has 0 aliphatic heterocycles. The summed E-state index contributed by atoms with van der Waals surface area (Å²) in [5.74, 6) is 0.350. The van der Waals surface area contributed by atoms with E-state index in [1.54, 1.807) is 19.4 Å². The van der Waals surface area contributed by atoms with Gasteiger partial charge in [0.05, 0.1) is 13.5 Å². The van der Waals surface area contributed by atoms with Gasteiger partial charge in [-0.15, -0.1) is 0 Å². The van der Waals surface area contributed by atoms with Gasteiger partial charge in [0.1, 0.15) is 11.6 Å². The fourth-order valence-electron chi connectivity index (χ4n) is 2.58. The van der Waals surface area contributed by atoms with Crippen molar-refractivity contribution in [2.45, 2.75) is 13.0 Å². The number of fused-ring (bicyclic) bond motifs is 1. The molecule has 0 saturated heterocycles. The molecule has 4 nitrogen and oxygen atoms in total. The van der Waals surface area contributed by atoms with Gasteiger partial charge in [-0.1, -0.05) is 18.2 Å². The van der Waals surface area contributed by atoms with E-state index in [1.165, 1.54) is 12.1 Å². The molecule has 0 aliphatic carbocycles. The summed E-state index contributed by atoms with van der Waals surface area (Å²) in [6.07, 6.45) is 1.98. The van der Waals surface area contributed by atoms with Gasteiger partial charge in [-0.05, 0) is 29.8 Å². The predicted molar refractivity (Wildman–Crippen MR) is 86.8 cm³/mol. The molecule has 2 aromatic carbocycles. The molecule has 1 aromatic heterocycles. The summed E-state index contributed by atoms with van der Waals surface area (Å²) < 4.78 is 18.4. The molecule has 0 spiro atoms. The third-order valence-electron chi connectivity index (χ3n) is 3.75. The molecule has 0 saturated carbocycles. The molecular formula is C18H17FN2O2. The Morgan fingerprint density at radius 3 is 2.87 bits per heavy atom. The predicted octanol–water partition coefficient (Wildman–Crippen LogP) is 3.17. The molecule has 2 N–H and O–H groups in total. The van der Waals surface area contributed by atoms with Crippen LogP contribution in [0.1, 0.15) is 11.1 Å². The zero-order valence-corrected chi connectivity index (χ0v) is 12.7. The first-order valence-corrected chi connectivity index (χ1v) is 7.31. The number of halogens is 1. The van der Waals surface area contributed by atoms with Crippen LogP contribution in [0, 0.1) is 5.82 Å². The molecule has 0 bridgehead atoms. The van der Waals surface area contributed by atoms with Crippen molar-refractivity contribution in [2.75, 3.05) is 7.11 Å². The highest BCUT2D eigenvalue weighted by atomic mass is 19.1. The zero-order valence-electron chi connectivity index (χ0n) is 12.7. The zero-order chi connectivity index (χ0) is 16.2. The first-order valence-electron chi connectivity index (χ1n) is 7.31. The first kappa shape index (κ1) is 15.1. The number of amides is 1. The number of ether oxygens (including phenoxy) is 1. The van der Waals surface area contributed by atoms with Crippen molar-refractivity contribution in [2.24, 2.45) is 0 Å². The number of hydrogen-bond acceptors (Lipinski definition) is 2. The van der Waals surface area contributed by atoms with E-state index in [4.69, 9.17) is 4.74 Å². The fourth-order valence-corrected chi connectivity index (χ4v) is 2.58. The number of benzene rings is 2. The van der Waals surface area contributed by atoms with Gasteiger partial charge in [0.15, 0.2) is 0 Å². The minimum atomic E-state index is -0.300. The molecule has 3 rings (SSSR count). The lowest BCUT2D eigenvalue weighted by molar-refractivity contribution is -0.120. The average Bonchev–Trinajstić information content (AvgIpc) is 2.95. The third kappa shape index (κ3) is 3.34. The van der Waals surface area contributed by atoms with Crippen molar-refractivity contribution >= 4 is 16.8 Å². The second-order valence-corrected chi connectivity index (χ2v) is 5.27. The molecule has 5 heteroatoms. The Balaban J connectivity index is 1.67. The lowest BCUT2D eigenvalue weighted by Crippen LogP contribution is -2.24. The van der Waals surface area contributed by atoms with E-state index in [1.807, 2.05) is 24.3 Å². The summed E-state index contributed by atoms with van der Waals surface area (Å²) >= 11 is 0. The largest absolute Gasteiger partial charge is 0.496 e. The Bertz CT molecular complexity index is 842. The molecule has 3 aromatic rings. The number of carbonyl (C=O) groups is 1. The van der Waals surface area contributed by atoms with E-state index in [-0.39, 0.29) is 18.1 Å². The van der Waals surface area contributed by atoms with Crippen molar-refractivity contribution in [3.05, 3.63) is 65.6 Å². The van der Waals surface area contributed by atoms with Gasteiger partial charge in [-0.25, -0.2) is 4.39 Å². The van der Waals surface area contributed by atoms with E-state index < -0.39 is 0 Å². The van der Waals surface area contributed by atoms with Gasteiger partial charge >= 0.3 is 0 Å². The summed E-state index contributed by atoms with van der Waals surface area (Å²) in [5.41, 5.74) is 2.46. The van der Waals surface area contributed by atoms with Crippen LogP contribution in [0.5, 0.6) is 5.75 Å². The highest BCUT2D eigenvalue weighted by molar-refractivity contribution is 5.88. The summed E-state index contributed by atoms with van der Waals surface area (Å²) in [4.78, 5) is 15.1. The number of hydrogen-bond donors (Lipinski definition) is 2. The quantitative estimate of drug-likeness (QED) is 0.760. The van der Waals surface area contributed by atoms with E-state index in [0.29, 0.717) is 12.1 Å². The molecule has 0 radical (unpaired) electrons. The van der Waals surface area contributed by atoms with E-state index in [0.717, 1.165) is 22.3 Å². The maximum absolute atomic E-state index is 13.2. The number of nitrogens with one attached hydrogen (secondary N) is 2. The molecule has 0 unspecified atom stereocenters. The number of rotatable bonds is 5. The van der Waals surface area contributed by atoms with E-state index >= 15 is 0 Å². The normalized spacial score (nSPS) is 10.7. The van der Waals surface area contributed by atoms with Gasteiger partial charge in [0, 0.05) is 29.2 Å². The van der Waals surface area contributed by atoms with Crippen molar-refractivity contribution in [3.63, 3.8) is 0 Å². The van der Waals surface area contributed by atoms with E-state index in [9.17, 15) is 9.18 Å². The van der Waals surface area contributed by atoms with Gasteiger partial charge in [-0.3, -0.25) is 4.79 Å². The van der Waals surface area contributed by atoms with Crippen molar-refractivity contribution in [1.29, 1.82) is 0 Å². The molecule has 0 aliphatic rings. The third-order valence-corrected chi connectivity index (χ3v) is 3.75. The molecular weight excluding hydrogens is 295 g/mol. The van der Waals surface area contributed by atoms with Crippen molar-refractivity contribution in [1.82, 2.24) is 10.3 Å². The van der Waals surface area contributed by atoms with Crippen LogP contribution in [0.2, 0.25) is 0 Å². The smallest absolute Gasteiger partial charge is 0.224 e. The van der Waals surface area contributed by atoms with Crippen LogP contribution in [0.3, 0.4) is 0 Å². The monoisotopic (exact) mass is 312 g/mol. The number of methoxy groups -OCH3 is 1. The van der Waals surface area contributed by atoms with Crippen LogP contribution >= 0.6 is 0 Å². The molecule has 0 atom stereocenters. The van der Waals surface area contributed by atoms with Crippen LogP contribution in [-0.4, -0.2) is 18.0 Å². The molecule has 23 heavy (non-hydrogen) atoms. The first-order chi connectivity index (χ1) is 11.2. The van der Waals surface area contributed by atoms with Crippen molar-refractivity contribution < 1.29 is 13.9 Å². The Morgan fingerprint density at radius 2 is 2.04 bits per heavy atom. The summed E-state index contributed by atoms with van der Waals surface area (Å²) in [6.45, 7) is 0.403. The second kappa shape index (κ2) is 6.52. The number of aromatic amines is 1. The van der Waals surface area contributed by atoms with Crippen molar-refractivity contribution in [3.8, 4) is 5.75 Å². The highest BCUT2D eigenvalue weighted by Gasteiger charge is 2.10. The fraction of sp³-hybridized carbons (Fsp3) is 0.167. The number of aromatic nitrogens is 1. The van der Waals surface area contributed by atoms with Crippen LogP contribution in [0.15, 0.2) is 48.7 Å². The van der Waals surface area contributed by atoms with Crippen LogP contribution < -0.4 is 10.1 Å². The second-order valence-electron chi connectivity index (χ2n) is 5.27. The topological polar surface area (TPSA) is 54.1 Å². The van der Waals surface area contributed by atoms with Gasteiger partial charge < -0.3 is 15.0 Å². The number of carbonyl (C=O) groups excluding carboxylic acids is 1. The summed E-state index contributed by atoms with van der Waals surface area (Å²) in [6, 6.07) is 12.1. The highest BCUT2D eigenvalue weighted by Crippen LogP contribution is 2.20. The Labute approximate surface area is 133 Å². The maximum Gasteiger partial charge on any atom is 0.224 e. The lowest BCUT2D eigenvalue weighted by atomic mass is 10.1. The standard InChI is InChI=1S/C18H17FN2O2/c1-23-17-5-3-2-4-12(17)10-21-18(22)8-13-11-20-16-9-14(19)6-7-15(13)16/h2-7,9,11,20H,8,10H2,1H3,(H,21,22). The minimum absolute atomic E-state index is 0.0962. The Kier molecular flexibility index (Phi) is 4.28. The number of H-pyrrole nitrogens is 1. The lowest BCUT2D eigenvalue weighted by Gasteiger charge is -2.09. The summed E-state index contributed by atoms with van der Waals surface area (Å²) in [5, 5.41) is 3.74. The van der Waals surface area contributed by atoms with Crippen LogP contribution in [0.4, 0.5) is 4.39 Å². The maximum atomic E-state index is 13.2. The SMILES string of the molecule is COc1ccccc1CNC(=O)Cc1c[nH]c2cc(F)ccc12. The molecule has 118 valence electrons. The summed E-state index contributed by atoms with van der Waals surface area (Å²) in [7, 11) is 1.60. The van der Waals surface area contributed by atoms with Gasteiger partial charge in [-0.2, -0.15) is 0 Å². The number of para-hydroxylation sites is 1.